The lowest BCUT2D eigenvalue weighted by molar-refractivity contribution is 0.838. The molecular formula is C12H14N3S. The van der Waals surface area contributed by atoms with E-state index in [2.05, 4.69) is 28.2 Å². The Kier molecular flexibility index (Phi) is 7.05. The Bertz CT molecular complexity index is 356. The molecule has 0 unspecified atom stereocenters. The summed E-state index contributed by atoms with van der Waals surface area (Å²) in [5.74, 6) is 0.976. The molecule has 1 radical (unpaired) electrons. The van der Waals surface area contributed by atoms with Crippen molar-refractivity contribution in [1.29, 1.82) is 0 Å². The van der Waals surface area contributed by atoms with E-state index in [1.165, 1.54) is 5.56 Å². The minimum Gasteiger partial charge on any atom is -0.129 e. The van der Waals surface area contributed by atoms with E-state index in [0.717, 1.165) is 18.6 Å². The third kappa shape index (κ3) is 6.17. The second-order valence-corrected chi connectivity index (χ2v) is 4.03. The van der Waals surface area contributed by atoms with Crippen molar-refractivity contribution in [2.45, 2.75) is 18.6 Å². The largest absolute Gasteiger partial charge is 0.129 e. The summed E-state index contributed by atoms with van der Waals surface area (Å²) in [7, 11) is 0. The van der Waals surface area contributed by atoms with E-state index < -0.39 is 0 Å². The van der Waals surface area contributed by atoms with Gasteiger partial charge in [0.2, 0.25) is 0 Å². The maximum absolute atomic E-state index is 8.06. The van der Waals surface area contributed by atoms with Crippen molar-refractivity contribution in [3.63, 3.8) is 0 Å². The molecule has 0 saturated carbocycles. The van der Waals surface area contributed by atoms with Crippen LogP contribution >= 0.6 is 11.8 Å². The molecule has 4 heteroatoms. The predicted octanol–water partition coefficient (Wildman–Crippen LogP) is 4.33. The SMILES string of the molecule is [N-]=[N+]=NCCC[C]=CSCc1ccccc1. The zero-order valence-electron chi connectivity index (χ0n) is 9.04. The van der Waals surface area contributed by atoms with Crippen molar-refractivity contribution < 1.29 is 0 Å². The fourth-order valence-electron chi connectivity index (χ4n) is 1.13. The van der Waals surface area contributed by atoms with E-state index in [4.69, 9.17) is 5.53 Å². The number of azide groups is 1. The molecule has 3 nitrogen and oxygen atoms in total. The number of allylic oxidation sites excluding steroid dienone is 1. The highest BCUT2D eigenvalue weighted by Crippen LogP contribution is 2.12. The number of thioether (sulfide) groups is 1. The van der Waals surface area contributed by atoms with Crippen molar-refractivity contribution in [3.05, 3.63) is 57.8 Å². The zero-order valence-corrected chi connectivity index (χ0v) is 9.86. The fourth-order valence-corrected chi connectivity index (χ4v) is 1.83. The van der Waals surface area contributed by atoms with E-state index >= 15 is 0 Å². The topological polar surface area (TPSA) is 48.8 Å². The molecule has 0 spiro atoms. The second kappa shape index (κ2) is 8.89. The van der Waals surface area contributed by atoms with Gasteiger partial charge in [-0.05, 0) is 35.4 Å². The number of hydrogen-bond acceptors (Lipinski definition) is 2. The van der Waals surface area contributed by atoms with Crippen LogP contribution in [-0.4, -0.2) is 6.54 Å². The number of hydrogen-bond donors (Lipinski definition) is 0. The Morgan fingerprint density at radius 2 is 2.19 bits per heavy atom. The highest BCUT2D eigenvalue weighted by Gasteiger charge is 1.88. The van der Waals surface area contributed by atoms with Gasteiger partial charge in [-0.25, -0.2) is 0 Å². The predicted molar refractivity (Wildman–Crippen MR) is 68.8 cm³/mol. The minimum absolute atomic E-state index is 0.556. The molecule has 16 heavy (non-hydrogen) atoms. The molecule has 0 bridgehead atoms. The first-order valence-electron chi connectivity index (χ1n) is 5.15. The molecule has 83 valence electrons. The molecule has 0 aliphatic carbocycles. The molecular weight excluding hydrogens is 218 g/mol. The third-order valence-electron chi connectivity index (χ3n) is 1.90. The molecule has 0 N–H and O–H groups in total. The lowest BCUT2D eigenvalue weighted by Crippen LogP contribution is -1.77. The first-order valence-corrected chi connectivity index (χ1v) is 6.20. The van der Waals surface area contributed by atoms with Crippen LogP contribution < -0.4 is 0 Å². The third-order valence-corrected chi connectivity index (χ3v) is 2.74. The Balaban J connectivity index is 2.07. The summed E-state index contributed by atoms with van der Waals surface area (Å²) < 4.78 is 0. The Morgan fingerprint density at radius 3 is 2.94 bits per heavy atom. The number of benzene rings is 1. The van der Waals surface area contributed by atoms with E-state index in [0.29, 0.717) is 6.54 Å². The molecule has 0 amide bonds. The molecule has 1 rings (SSSR count). The molecule has 1 aromatic carbocycles. The van der Waals surface area contributed by atoms with Gasteiger partial charge in [0.1, 0.15) is 0 Å². The summed E-state index contributed by atoms with van der Waals surface area (Å²) in [5.41, 5.74) is 9.38. The fraction of sp³-hybridized carbons (Fsp3) is 0.333. The first-order chi connectivity index (χ1) is 7.93. The summed E-state index contributed by atoms with van der Waals surface area (Å²) in [5, 5.41) is 5.45. The summed E-state index contributed by atoms with van der Waals surface area (Å²) >= 11 is 1.73. The van der Waals surface area contributed by atoms with Gasteiger partial charge in [0, 0.05) is 17.2 Å². The molecule has 0 fully saturated rings. The van der Waals surface area contributed by atoms with Gasteiger partial charge in [-0.15, -0.1) is 11.8 Å². The average Bonchev–Trinajstić information content (AvgIpc) is 2.34. The van der Waals surface area contributed by atoms with Crippen LogP contribution in [-0.2, 0) is 5.75 Å². The molecule has 0 aliphatic heterocycles. The number of rotatable bonds is 7. The van der Waals surface area contributed by atoms with Crippen LogP contribution in [0.25, 0.3) is 10.4 Å². The number of unbranched alkanes of at least 4 members (excludes halogenated alkanes) is 1. The lowest BCUT2D eigenvalue weighted by atomic mass is 10.2. The zero-order chi connectivity index (χ0) is 11.5. The molecule has 0 heterocycles. The van der Waals surface area contributed by atoms with Gasteiger partial charge in [-0.2, -0.15) is 0 Å². The van der Waals surface area contributed by atoms with Crippen LogP contribution in [0.5, 0.6) is 0 Å². The van der Waals surface area contributed by atoms with Crippen LogP contribution in [0.1, 0.15) is 18.4 Å². The number of nitrogens with zero attached hydrogens (tertiary/aromatic N) is 3. The summed E-state index contributed by atoms with van der Waals surface area (Å²) in [6, 6.07) is 10.3. The van der Waals surface area contributed by atoms with Gasteiger partial charge in [-0.1, -0.05) is 35.4 Å². The van der Waals surface area contributed by atoms with Crippen molar-refractivity contribution in [3.8, 4) is 0 Å². The van der Waals surface area contributed by atoms with Crippen molar-refractivity contribution in [2.75, 3.05) is 6.54 Å². The van der Waals surface area contributed by atoms with E-state index in [-0.39, 0.29) is 0 Å². The summed E-state index contributed by atoms with van der Waals surface area (Å²) in [6.07, 6.45) is 4.88. The smallest absolute Gasteiger partial charge is 0.0261 e. The van der Waals surface area contributed by atoms with Crippen molar-refractivity contribution in [2.24, 2.45) is 5.11 Å². The maximum atomic E-state index is 8.06. The van der Waals surface area contributed by atoms with Crippen molar-refractivity contribution >= 4 is 11.8 Å². The Morgan fingerprint density at radius 1 is 1.38 bits per heavy atom. The van der Waals surface area contributed by atoms with Crippen LogP contribution in [0, 0.1) is 6.08 Å². The van der Waals surface area contributed by atoms with Gasteiger partial charge >= 0.3 is 0 Å². The summed E-state index contributed by atoms with van der Waals surface area (Å²) in [6.45, 7) is 0.556. The van der Waals surface area contributed by atoms with E-state index in [1.54, 1.807) is 11.8 Å². The highest BCUT2D eigenvalue weighted by atomic mass is 32.2. The van der Waals surface area contributed by atoms with Gasteiger partial charge in [-0.3, -0.25) is 0 Å². The van der Waals surface area contributed by atoms with Gasteiger partial charge in [0.15, 0.2) is 0 Å². The molecule has 0 aliphatic rings. The Hall–Kier alpha value is -1.38. The normalized spacial score (nSPS) is 10.2. The van der Waals surface area contributed by atoms with Gasteiger partial charge in [0.05, 0.1) is 0 Å². The Labute approximate surface area is 100 Å². The molecule has 0 atom stereocenters. The molecule has 0 aromatic heterocycles. The standard InChI is InChI=1S/C12H14N3S/c13-15-14-9-5-2-6-10-16-11-12-7-3-1-4-8-12/h1,3-4,7-8,10H,2,5,9,11H2. The van der Waals surface area contributed by atoms with Crippen LogP contribution in [0.2, 0.25) is 0 Å². The van der Waals surface area contributed by atoms with Crippen LogP contribution in [0.15, 0.2) is 40.9 Å². The van der Waals surface area contributed by atoms with Crippen LogP contribution in [0.4, 0.5) is 0 Å². The van der Waals surface area contributed by atoms with E-state index in [1.807, 2.05) is 23.6 Å². The molecule has 0 saturated heterocycles. The lowest BCUT2D eigenvalue weighted by Gasteiger charge is -1.95. The monoisotopic (exact) mass is 232 g/mol. The first kappa shape index (κ1) is 12.7. The van der Waals surface area contributed by atoms with Crippen molar-refractivity contribution in [1.82, 2.24) is 0 Å². The molecule has 1 aromatic rings. The van der Waals surface area contributed by atoms with Gasteiger partial charge < -0.3 is 0 Å². The van der Waals surface area contributed by atoms with Gasteiger partial charge in [0.25, 0.3) is 0 Å². The van der Waals surface area contributed by atoms with Crippen LogP contribution in [0.3, 0.4) is 0 Å². The quantitative estimate of drug-likeness (QED) is 0.299. The minimum atomic E-state index is 0.556. The second-order valence-electron chi connectivity index (χ2n) is 3.18. The highest BCUT2D eigenvalue weighted by molar-refractivity contribution is 8.01. The maximum Gasteiger partial charge on any atom is 0.0261 e. The summed E-state index contributed by atoms with van der Waals surface area (Å²) in [4.78, 5) is 2.69. The van der Waals surface area contributed by atoms with E-state index in [9.17, 15) is 0 Å². The average molecular weight is 232 g/mol.